The van der Waals surface area contributed by atoms with Crippen LogP contribution in [0.2, 0.25) is 0 Å². The molecule has 0 bridgehead atoms. The summed E-state index contributed by atoms with van der Waals surface area (Å²) in [6.45, 7) is 0. The fourth-order valence-corrected chi connectivity index (χ4v) is 1.68. The number of carbonyl (C=O) groups is 1. The molecule has 0 aromatic heterocycles. The molecule has 0 aliphatic carbocycles. The minimum atomic E-state index is -0.809. The van der Waals surface area contributed by atoms with E-state index in [1.807, 2.05) is 48.5 Å². The van der Waals surface area contributed by atoms with Crippen LogP contribution in [0.4, 0.5) is 0 Å². The van der Waals surface area contributed by atoms with Crippen LogP contribution in [0.15, 0.2) is 48.5 Å². The Morgan fingerprint density at radius 2 is 1.88 bits per heavy atom. The van der Waals surface area contributed by atoms with Crippen molar-refractivity contribution in [3.8, 4) is 0 Å². The van der Waals surface area contributed by atoms with E-state index in [1.165, 1.54) is 5.39 Å². The number of rotatable bonds is 3. The van der Waals surface area contributed by atoms with Gasteiger partial charge in [-0.15, -0.1) is 0 Å². The first-order chi connectivity index (χ1) is 7.77. The van der Waals surface area contributed by atoms with Gasteiger partial charge in [0, 0.05) is 0 Å². The Morgan fingerprint density at radius 1 is 1.12 bits per heavy atom. The van der Waals surface area contributed by atoms with Crippen LogP contribution < -0.4 is 0 Å². The van der Waals surface area contributed by atoms with E-state index in [0.717, 1.165) is 10.9 Å². The second kappa shape index (κ2) is 4.62. The lowest BCUT2D eigenvalue weighted by atomic mass is 10.0. The molecule has 2 nitrogen and oxygen atoms in total. The zero-order chi connectivity index (χ0) is 11.4. The normalized spacial score (nSPS) is 11.0. The predicted octanol–water partition coefficient (Wildman–Crippen LogP) is 3.33. The van der Waals surface area contributed by atoms with Crippen molar-refractivity contribution in [2.75, 3.05) is 0 Å². The van der Waals surface area contributed by atoms with Crippen molar-refractivity contribution in [3.63, 3.8) is 0 Å². The van der Waals surface area contributed by atoms with Crippen LogP contribution in [-0.2, 0) is 4.79 Å². The van der Waals surface area contributed by atoms with E-state index in [2.05, 4.69) is 0 Å². The first-order valence-electron chi connectivity index (χ1n) is 5.13. The van der Waals surface area contributed by atoms with Gasteiger partial charge >= 0.3 is 5.97 Å². The van der Waals surface area contributed by atoms with Crippen LogP contribution in [0.3, 0.4) is 0 Å². The van der Waals surface area contributed by atoms with Crippen molar-refractivity contribution >= 4 is 22.8 Å². The van der Waals surface area contributed by atoms with E-state index in [0.29, 0.717) is 0 Å². The van der Waals surface area contributed by atoms with Crippen LogP contribution in [0.25, 0.3) is 16.8 Å². The highest BCUT2D eigenvalue weighted by molar-refractivity contribution is 5.90. The molecule has 16 heavy (non-hydrogen) atoms. The first-order valence-corrected chi connectivity index (χ1v) is 5.13. The van der Waals surface area contributed by atoms with Crippen molar-refractivity contribution < 1.29 is 9.90 Å². The summed E-state index contributed by atoms with van der Waals surface area (Å²) < 4.78 is 0. The van der Waals surface area contributed by atoms with Crippen LogP contribution in [0, 0.1) is 0 Å². The van der Waals surface area contributed by atoms with E-state index < -0.39 is 5.97 Å². The van der Waals surface area contributed by atoms with Crippen LogP contribution in [0.5, 0.6) is 0 Å². The number of hydrogen-bond acceptors (Lipinski definition) is 1. The molecular formula is C14H12O2. The topological polar surface area (TPSA) is 37.3 Å². The average Bonchev–Trinajstić information content (AvgIpc) is 2.29. The minimum Gasteiger partial charge on any atom is -0.481 e. The van der Waals surface area contributed by atoms with Crippen molar-refractivity contribution in [2.45, 2.75) is 6.42 Å². The summed E-state index contributed by atoms with van der Waals surface area (Å²) in [5, 5.41) is 10.9. The number of benzene rings is 2. The number of carboxylic acids is 1. The molecular weight excluding hydrogens is 200 g/mol. The number of fused-ring (bicyclic) bond motifs is 1. The van der Waals surface area contributed by atoms with Gasteiger partial charge in [-0.2, -0.15) is 0 Å². The Hall–Kier alpha value is -2.09. The maximum absolute atomic E-state index is 10.4. The molecule has 0 atom stereocenters. The average molecular weight is 212 g/mol. The summed E-state index contributed by atoms with van der Waals surface area (Å²) in [4.78, 5) is 10.4. The fraction of sp³-hybridized carbons (Fsp3) is 0.0714. The van der Waals surface area contributed by atoms with Crippen LogP contribution >= 0.6 is 0 Å². The van der Waals surface area contributed by atoms with Crippen molar-refractivity contribution in [1.29, 1.82) is 0 Å². The van der Waals surface area contributed by atoms with Crippen molar-refractivity contribution in [1.82, 2.24) is 0 Å². The fourth-order valence-electron chi connectivity index (χ4n) is 1.68. The number of hydrogen-bond donors (Lipinski definition) is 1. The highest BCUT2D eigenvalue weighted by atomic mass is 16.4. The molecule has 0 saturated heterocycles. The molecule has 0 aliphatic heterocycles. The summed E-state index contributed by atoms with van der Waals surface area (Å²) in [7, 11) is 0. The smallest absolute Gasteiger partial charge is 0.307 e. The van der Waals surface area contributed by atoms with Crippen molar-refractivity contribution in [2.24, 2.45) is 0 Å². The molecule has 0 amide bonds. The molecule has 2 rings (SSSR count). The standard InChI is InChI=1S/C14H12O2/c15-14(16)10-4-8-12-7-3-6-11-5-1-2-9-13(11)12/h1-9H,10H2,(H,15,16). The molecule has 0 saturated carbocycles. The second-order valence-electron chi connectivity index (χ2n) is 3.57. The van der Waals surface area contributed by atoms with Gasteiger partial charge in [0.15, 0.2) is 0 Å². The third-order valence-corrected chi connectivity index (χ3v) is 2.41. The molecule has 0 heterocycles. The molecule has 0 fully saturated rings. The Balaban J connectivity index is 2.37. The van der Waals surface area contributed by atoms with Gasteiger partial charge in [-0.25, -0.2) is 0 Å². The highest BCUT2D eigenvalue weighted by Crippen LogP contribution is 2.19. The zero-order valence-electron chi connectivity index (χ0n) is 8.76. The van der Waals surface area contributed by atoms with Crippen molar-refractivity contribution in [3.05, 3.63) is 54.1 Å². The van der Waals surface area contributed by atoms with Crippen LogP contribution in [0.1, 0.15) is 12.0 Å². The van der Waals surface area contributed by atoms with E-state index >= 15 is 0 Å². The third-order valence-electron chi connectivity index (χ3n) is 2.41. The number of aliphatic carboxylic acids is 1. The third kappa shape index (κ3) is 2.28. The lowest BCUT2D eigenvalue weighted by Crippen LogP contribution is -1.89. The summed E-state index contributed by atoms with van der Waals surface area (Å²) >= 11 is 0. The van der Waals surface area contributed by atoms with E-state index in [9.17, 15) is 4.79 Å². The Bertz CT molecular complexity index is 536. The molecule has 0 radical (unpaired) electrons. The molecule has 2 heteroatoms. The molecule has 0 aliphatic rings. The van der Waals surface area contributed by atoms with Gasteiger partial charge in [0.2, 0.25) is 0 Å². The van der Waals surface area contributed by atoms with Gasteiger partial charge in [-0.05, 0) is 16.3 Å². The second-order valence-corrected chi connectivity index (χ2v) is 3.57. The SMILES string of the molecule is O=C(O)CC=Cc1cccc2ccccc12. The van der Waals surface area contributed by atoms with Gasteiger partial charge in [0.1, 0.15) is 0 Å². The largest absolute Gasteiger partial charge is 0.481 e. The van der Waals surface area contributed by atoms with Gasteiger partial charge < -0.3 is 5.11 Å². The zero-order valence-corrected chi connectivity index (χ0v) is 8.76. The lowest BCUT2D eigenvalue weighted by molar-refractivity contribution is -0.135. The Morgan fingerprint density at radius 3 is 2.69 bits per heavy atom. The summed E-state index contributed by atoms with van der Waals surface area (Å²) in [5.74, 6) is -0.809. The van der Waals surface area contributed by atoms with Gasteiger partial charge in [-0.1, -0.05) is 54.6 Å². The van der Waals surface area contributed by atoms with Gasteiger partial charge in [0.05, 0.1) is 6.42 Å². The molecule has 0 spiro atoms. The highest BCUT2D eigenvalue weighted by Gasteiger charge is 1.96. The quantitative estimate of drug-likeness (QED) is 0.847. The van der Waals surface area contributed by atoms with E-state index in [4.69, 9.17) is 5.11 Å². The Kier molecular flexibility index (Phi) is 3.01. The summed E-state index contributed by atoms with van der Waals surface area (Å²) in [6.07, 6.45) is 3.59. The first kappa shape index (κ1) is 10.4. The maximum atomic E-state index is 10.4. The molecule has 2 aromatic carbocycles. The molecule has 2 aromatic rings. The van der Waals surface area contributed by atoms with Gasteiger partial charge in [-0.3, -0.25) is 4.79 Å². The number of carboxylic acid groups (broad SMARTS) is 1. The molecule has 1 N–H and O–H groups in total. The van der Waals surface area contributed by atoms with E-state index in [1.54, 1.807) is 6.08 Å². The van der Waals surface area contributed by atoms with Crippen LogP contribution in [-0.4, -0.2) is 11.1 Å². The van der Waals surface area contributed by atoms with Gasteiger partial charge in [0.25, 0.3) is 0 Å². The summed E-state index contributed by atoms with van der Waals surface area (Å²) in [5.41, 5.74) is 1.05. The Labute approximate surface area is 93.8 Å². The summed E-state index contributed by atoms with van der Waals surface area (Å²) in [6, 6.07) is 14.1. The lowest BCUT2D eigenvalue weighted by Gasteiger charge is -2.01. The molecule has 0 unspecified atom stereocenters. The predicted molar refractivity (Wildman–Crippen MR) is 65.2 cm³/mol. The van der Waals surface area contributed by atoms with E-state index in [-0.39, 0.29) is 6.42 Å². The monoisotopic (exact) mass is 212 g/mol. The maximum Gasteiger partial charge on any atom is 0.307 e. The molecule has 80 valence electrons. The minimum absolute atomic E-state index is 0.0588.